The number of carbonyl (C=O) groups excluding carboxylic acids is 1. The highest BCUT2D eigenvalue weighted by Crippen LogP contribution is 2.54. The SMILES string of the molecule is C[C@@H](O[Si](C)(C)C(C)(C)C)[C@H]1C(=O)N[C@H]1[C@@]12CCCC[C@H]1O2. The Kier molecular flexibility index (Phi) is 3.78. The van der Waals surface area contributed by atoms with E-state index < -0.39 is 8.32 Å². The number of epoxide rings is 1. The quantitative estimate of drug-likeness (QED) is 0.490. The molecule has 3 fully saturated rings. The Bertz CT molecular complexity index is 473. The van der Waals surface area contributed by atoms with Crippen molar-refractivity contribution in [3.8, 4) is 0 Å². The average Bonchev–Trinajstić information content (AvgIpc) is 3.08. The fourth-order valence-electron chi connectivity index (χ4n) is 3.93. The van der Waals surface area contributed by atoms with Crippen molar-refractivity contribution in [1.82, 2.24) is 5.32 Å². The number of carbonyl (C=O) groups is 1. The number of rotatable bonds is 4. The molecule has 2 aliphatic heterocycles. The highest BCUT2D eigenvalue weighted by atomic mass is 28.4. The predicted octanol–water partition coefficient (Wildman–Crippen LogP) is 3.22. The summed E-state index contributed by atoms with van der Waals surface area (Å²) in [4.78, 5) is 12.2. The molecule has 3 aliphatic rings. The molecule has 5 atom stereocenters. The van der Waals surface area contributed by atoms with Crippen molar-refractivity contribution in [2.75, 3.05) is 0 Å². The predicted molar refractivity (Wildman–Crippen MR) is 89.2 cm³/mol. The number of nitrogens with one attached hydrogen (secondary N) is 1. The van der Waals surface area contributed by atoms with Gasteiger partial charge in [0.25, 0.3) is 0 Å². The Hall–Kier alpha value is -0.393. The molecule has 3 rings (SSSR count). The Morgan fingerprint density at radius 1 is 1.36 bits per heavy atom. The summed E-state index contributed by atoms with van der Waals surface area (Å²) in [6, 6.07) is 0.157. The third-order valence-electron chi connectivity index (χ3n) is 6.41. The molecule has 1 N–H and O–H groups in total. The van der Waals surface area contributed by atoms with Crippen LogP contribution in [0.3, 0.4) is 0 Å². The van der Waals surface area contributed by atoms with Crippen LogP contribution in [0.15, 0.2) is 0 Å². The molecule has 0 aromatic rings. The molecule has 5 heteroatoms. The van der Waals surface area contributed by atoms with Crippen LogP contribution in [0, 0.1) is 5.92 Å². The molecule has 126 valence electrons. The zero-order valence-corrected chi connectivity index (χ0v) is 15.9. The van der Waals surface area contributed by atoms with Gasteiger partial charge in [0, 0.05) is 0 Å². The van der Waals surface area contributed by atoms with Crippen LogP contribution >= 0.6 is 0 Å². The standard InChI is InChI=1S/C17H31NO3Si/c1-11(21-22(5,6)16(2,3)4)13-14(18-15(13)19)17-10-8-7-9-12(17)20-17/h11-14H,7-10H2,1-6H3,(H,18,19)/t11-,12-,13-,14-,17-/m1/s1. The van der Waals surface area contributed by atoms with Crippen LogP contribution in [-0.2, 0) is 14.0 Å². The van der Waals surface area contributed by atoms with Crippen molar-refractivity contribution in [1.29, 1.82) is 0 Å². The molecule has 0 aromatic carbocycles. The summed E-state index contributed by atoms with van der Waals surface area (Å²) < 4.78 is 12.5. The van der Waals surface area contributed by atoms with E-state index in [2.05, 4.69) is 46.1 Å². The van der Waals surface area contributed by atoms with E-state index in [9.17, 15) is 4.79 Å². The lowest BCUT2D eigenvalue weighted by molar-refractivity contribution is -0.143. The maximum absolute atomic E-state index is 12.2. The number of hydrogen-bond donors (Lipinski definition) is 1. The van der Waals surface area contributed by atoms with Crippen LogP contribution in [0.4, 0.5) is 0 Å². The maximum atomic E-state index is 12.2. The Morgan fingerprint density at radius 2 is 2.05 bits per heavy atom. The topological polar surface area (TPSA) is 50.9 Å². The molecule has 0 unspecified atom stereocenters. The molecule has 1 aliphatic carbocycles. The highest BCUT2D eigenvalue weighted by Gasteiger charge is 2.68. The largest absolute Gasteiger partial charge is 0.413 e. The van der Waals surface area contributed by atoms with Crippen LogP contribution in [0.2, 0.25) is 18.1 Å². The van der Waals surface area contributed by atoms with E-state index in [1.165, 1.54) is 12.8 Å². The summed E-state index contributed by atoms with van der Waals surface area (Å²) in [6.45, 7) is 13.3. The van der Waals surface area contributed by atoms with Gasteiger partial charge in [0.1, 0.15) is 5.60 Å². The molecule has 0 spiro atoms. The van der Waals surface area contributed by atoms with Gasteiger partial charge in [0.2, 0.25) is 5.91 Å². The fourth-order valence-corrected chi connectivity index (χ4v) is 5.36. The smallest absolute Gasteiger partial charge is 0.228 e. The van der Waals surface area contributed by atoms with E-state index in [1.54, 1.807) is 0 Å². The second-order valence-corrected chi connectivity index (χ2v) is 13.7. The molecular weight excluding hydrogens is 294 g/mol. The molecule has 2 heterocycles. The molecule has 1 amide bonds. The lowest BCUT2D eigenvalue weighted by atomic mass is 9.72. The summed E-state index contributed by atoms with van der Waals surface area (Å²) in [7, 11) is -1.85. The Labute approximate surface area is 135 Å². The van der Waals surface area contributed by atoms with Crippen LogP contribution in [0.1, 0.15) is 53.4 Å². The van der Waals surface area contributed by atoms with Gasteiger partial charge in [-0.1, -0.05) is 33.6 Å². The molecule has 0 radical (unpaired) electrons. The monoisotopic (exact) mass is 325 g/mol. The third kappa shape index (κ3) is 2.45. The zero-order valence-electron chi connectivity index (χ0n) is 14.9. The molecule has 4 nitrogen and oxygen atoms in total. The molecule has 2 saturated heterocycles. The van der Waals surface area contributed by atoms with Gasteiger partial charge >= 0.3 is 0 Å². The number of ether oxygens (including phenoxy) is 1. The van der Waals surface area contributed by atoms with Gasteiger partial charge in [-0.2, -0.15) is 0 Å². The minimum atomic E-state index is -1.85. The molecule has 1 saturated carbocycles. The lowest BCUT2D eigenvalue weighted by Crippen LogP contribution is -2.69. The van der Waals surface area contributed by atoms with Gasteiger partial charge in [-0.25, -0.2) is 0 Å². The number of fused-ring (bicyclic) bond motifs is 1. The van der Waals surface area contributed by atoms with Crippen molar-refractivity contribution in [2.45, 2.75) is 95.4 Å². The van der Waals surface area contributed by atoms with Crippen molar-refractivity contribution in [3.63, 3.8) is 0 Å². The zero-order chi connectivity index (χ0) is 16.3. The van der Waals surface area contributed by atoms with Gasteiger partial charge in [-0.05, 0) is 37.9 Å². The first-order valence-corrected chi connectivity index (χ1v) is 11.7. The summed E-state index contributed by atoms with van der Waals surface area (Å²) in [6.07, 6.45) is 5.05. The molecule has 22 heavy (non-hydrogen) atoms. The van der Waals surface area contributed by atoms with Gasteiger partial charge in [-0.15, -0.1) is 0 Å². The Balaban J connectivity index is 1.69. The van der Waals surface area contributed by atoms with E-state index in [1.807, 2.05) is 0 Å². The number of amides is 1. The minimum absolute atomic E-state index is 0.0270. The van der Waals surface area contributed by atoms with Gasteiger partial charge < -0.3 is 14.5 Å². The number of hydrogen-bond acceptors (Lipinski definition) is 3. The van der Waals surface area contributed by atoms with Crippen LogP contribution in [-0.4, -0.2) is 38.1 Å². The summed E-state index contributed by atoms with van der Waals surface area (Å²) in [5, 5.41) is 3.29. The first kappa shape index (κ1) is 16.5. The van der Waals surface area contributed by atoms with E-state index in [4.69, 9.17) is 9.16 Å². The summed E-state index contributed by atoms with van der Waals surface area (Å²) in [5.74, 6) is 0.0997. The molecule has 0 bridgehead atoms. The van der Waals surface area contributed by atoms with E-state index in [0.29, 0.717) is 6.10 Å². The van der Waals surface area contributed by atoms with Gasteiger partial charge in [-0.3, -0.25) is 4.79 Å². The van der Waals surface area contributed by atoms with Crippen molar-refractivity contribution < 1.29 is 14.0 Å². The van der Waals surface area contributed by atoms with Gasteiger partial charge in [0.05, 0.1) is 24.2 Å². The van der Waals surface area contributed by atoms with Crippen LogP contribution in [0.25, 0.3) is 0 Å². The van der Waals surface area contributed by atoms with E-state index in [-0.39, 0.29) is 34.6 Å². The van der Waals surface area contributed by atoms with Crippen molar-refractivity contribution in [2.24, 2.45) is 5.92 Å². The highest BCUT2D eigenvalue weighted by molar-refractivity contribution is 6.74. The maximum Gasteiger partial charge on any atom is 0.228 e. The number of β-lactam (4-membered cyclic amide) rings is 1. The van der Waals surface area contributed by atoms with Crippen molar-refractivity contribution in [3.05, 3.63) is 0 Å². The first-order valence-electron chi connectivity index (χ1n) is 8.74. The summed E-state index contributed by atoms with van der Waals surface area (Å²) >= 11 is 0. The normalized spacial score (nSPS) is 39.5. The second kappa shape index (κ2) is 5.05. The van der Waals surface area contributed by atoms with Crippen LogP contribution in [0.5, 0.6) is 0 Å². The Morgan fingerprint density at radius 3 is 2.59 bits per heavy atom. The molecule has 0 aromatic heterocycles. The van der Waals surface area contributed by atoms with Gasteiger partial charge in [0.15, 0.2) is 8.32 Å². The average molecular weight is 326 g/mol. The summed E-state index contributed by atoms with van der Waals surface area (Å²) in [5.41, 5.74) is -0.0676. The van der Waals surface area contributed by atoms with Crippen molar-refractivity contribution >= 4 is 14.2 Å². The molecular formula is C17H31NO3Si. The first-order chi connectivity index (χ1) is 10.1. The second-order valence-electron chi connectivity index (χ2n) is 8.90. The van der Waals surface area contributed by atoms with E-state index >= 15 is 0 Å². The minimum Gasteiger partial charge on any atom is -0.413 e. The fraction of sp³-hybridized carbons (Fsp3) is 0.941. The lowest BCUT2D eigenvalue weighted by Gasteiger charge is -2.47. The third-order valence-corrected chi connectivity index (χ3v) is 11.0. The van der Waals surface area contributed by atoms with Crippen LogP contribution < -0.4 is 5.32 Å². The van der Waals surface area contributed by atoms with E-state index in [0.717, 1.165) is 12.8 Å².